The Hall–Kier alpha value is -1.43. The van der Waals surface area contributed by atoms with E-state index < -0.39 is 0 Å². The first-order valence-corrected chi connectivity index (χ1v) is 5.14. The number of nitrogens with zero attached hydrogens (tertiary/aromatic N) is 2. The lowest BCUT2D eigenvalue weighted by Gasteiger charge is -1.97. The van der Waals surface area contributed by atoms with Gasteiger partial charge in [-0.2, -0.15) is 5.10 Å². The Balaban J connectivity index is 0.00000144. The van der Waals surface area contributed by atoms with Gasteiger partial charge in [-0.3, -0.25) is 5.43 Å². The predicted octanol–water partition coefficient (Wildman–Crippen LogP) is -1.04. The molecule has 0 aliphatic heterocycles. The van der Waals surface area contributed by atoms with Gasteiger partial charge in [-0.1, -0.05) is 18.2 Å². The molecule has 3 nitrogen and oxygen atoms in total. The average molecular weight is 339 g/mol. The number of halogens is 1. The molecule has 17 heavy (non-hydrogen) atoms. The Kier molecular flexibility index (Phi) is 5.62. The molecule has 0 atom stereocenters. The monoisotopic (exact) mass is 339 g/mol. The van der Waals surface area contributed by atoms with Crippen LogP contribution in [-0.2, 0) is 7.05 Å². The van der Waals surface area contributed by atoms with Crippen molar-refractivity contribution in [1.29, 1.82) is 0 Å². The normalized spacial score (nSPS) is 9.94. The second kappa shape index (κ2) is 7.01. The van der Waals surface area contributed by atoms with Crippen LogP contribution >= 0.6 is 0 Å². The maximum atomic E-state index is 4.16. The van der Waals surface area contributed by atoms with Crippen LogP contribution in [0.2, 0.25) is 0 Å². The standard InChI is InChI=1S/C13H13N3.HI/c1-16-9-7-12(8-10-16)11-14-15-13-5-3-2-4-6-13;/h2-11H,1H3;1H. The number of pyridine rings is 1. The molecule has 1 N–H and O–H groups in total. The first-order chi connectivity index (χ1) is 7.84. The molecule has 0 aliphatic carbocycles. The average Bonchev–Trinajstić information content (AvgIpc) is 2.33. The van der Waals surface area contributed by atoms with Crippen molar-refractivity contribution in [1.82, 2.24) is 0 Å². The summed E-state index contributed by atoms with van der Waals surface area (Å²) in [5.41, 5.74) is 5.03. The molecule has 0 aliphatic rings. The summed E-state index contributed by atoms with van der Waals surface area (Å²) in [5, 5.41) is 4.16. The van der Waals surface area contributed by atoms with Crippen LogP contribution in [0.15, 0.2) is 60.0 Å². The highest BCUT2D eigenvalue weighted by Crippen LogP contribution is 2.04. The first kappa shape index (κ1) is 13.6. The largest absolute Gasteiger partial charge is 1.00 e. The van der Waals surface area contributed by atoms with Crippen molar-refractivity contribution in [3.63, 3.8) is 0 Å². The van der Waals surface area contributed by atoms with Crippen LogP contribution in [0.4, 0.5) is 5.69 Å². The third kappa shape index (κ3) is 4.52. The lowest BCUT2D eigenvalue weighted by Crippen LogP contribution is -3.00. The van der Waals surface area contributed by atoms with E-state index in [-0.39, 0.29) is 24.0 Å². The highest BCUT2D eigenvalue weighted by Gasteiger charge is 1.91. The maximum Gasteiger partial charge on any atom is 0.169 e. The molecule has 0 unspecified atom stereocenters. The molecule has 0 spiro atoms. The van der Waals surface area contributed by atoms with Gasteiger partial charge in [-0.15, -0.1) is 0 Å². The van der Waals surface area contributed by atoms with Crippen molar-refractivity contribution in [2.45, 2.75) is 0 Å². The number of hydrogen-bond donors (Lipinski definition) is 1. The minimum atomic E-state index is 0. The predicted molar refractivity (Wildman–Crippen MR) is 65.3 cm³/mol. The van der Waals surface area contributed by atoms with Crippen molar-refractivity contribution < 1.29 is 28.5 Å². The Labute approximate surface area is 118 Å². The third-order valence-electron chi connectivity index (χ3n) is 2.19. The number of benzene rings is 1. The second-order valence-corrected chi connectivity index (χ2v) is 3.53. The number of aromatic nitrogens is 1. The van der Waals surface area contributed by atoms with E-state index in [4.69, 9.17) is 0 Å². The molecule has 88 valence electrons. The van der Waals surface area contributed by atoms with E-state index >= 15 is 0 Å². The molecule has 2 aromatic rings. The highest BCUT2D eigenvalue weighted by molar-refractivity contribution is 5.79. The molecule has 1 aromatic heterocycles. The lowest BCUT2D eigenvalue weighted by atomic mass is 10.3. The summed E-state index contributed by atoms with van der Waals surface area (Å²) in [6.07, 6.45) is 5.78. The molecular weight excluding hydrogens is 325 g/mol. The van der Waals surface area contributed by atoms with Crippen molar-refractivity contribution >= 4 is 11.9 Å². The smallest absolute Gasteiger partial charge is 0.169 e. The van der Waals surface area contributed by atoms with Gasteiger partial charge in [0, 0.05) is 17.7 Å². The molecule has 0 saturated heterocycles. The molecule has 0 bridgehead atoms. The highest BCUT2D eigenvalue weighted by atomic mass is 127. The number of aryl methyl sites for hydroxylation is 1. The molecule has 0 amide bonds. The molecular formula is C13H14IN3. The Bertz CT molecular complexity index is 466. The van der Waals surface area contributed by atoms with Crippen LogP contribution in [0.1, 0.15) is 5.56 Å². The minimum absolute atomic E-state index is 0. The number of anilines is 1. The van der Waals surface area contributed by atoms with Crippen molar-refractivity contribution in [3.8, 4) is 0 Å². The fourth-order valence-corrected chi connectivity index (χ4v) is 1.29. The van der Waals surface area contributed by atoms with Crippen LogP contribution in [-0.4, -0.2) is 6.21 Å². The molecule has 1 heterocycles. The number of rotatable bonds is 3. The zero-order chi connectivity index (χ0) is 11.2. The summed E-state index contributed by atoms with van der Waals surface area (Å²) in [7, 11) is 1.99. The van der Waals surface area contributed by atoms with E-state index in [1.165, 1.54) is 0 Å². The number of hydrogen-bond acceptors (Lipinski definition) is 2. The van der Waals surface area contributed by atoms with E-state index in [1.54, 1.807) is 6.21 Å². The number of nitrogens with one attached hydrogen (secondary N) is 1. The maximum absolute atomic E-state index is 4.16. The summed E-state index contributed by atoms with van der Waals surface area (Å²) in [6.45, 7) is 0. The van der Waals surface area contributed by atoms with Gasteiger partial charge in [-0.25, -0.2) is 4.57 Å². The zero-order valence-electron chi connectivity index (χ0n) is 9.55. The number of hydrazone groups is 1. The van der Waals surface area contributed by atoms with Gasteiger partial charge in [-0.05, 0) is 12.1 Å². The van der Waals surface area contributed by atoms with Gasteiger partial charge in [0.1, 0.15) is 7.05 Å². The van der Waals surface area contributed by atoms with Crippen molar-refractivity contribution in [3.05, 3.63) is 60.4 Å². The lowest BCUT2D eigenvalue weighted by molar-refractivity contribution is -0.671. The Morgan fingerprint density at radius 2 is 1.71 bits per heavy atom. The first-order valence-electron chi connectivity index (χ1n) is 5.14. The molecule has 1 aromatic carbocycles. The molecule has 4 heteroatoms. The van der Waals surface area contributed by atoms with Crippen LogP contribution < -0.4 is 34.0 Å². The SMILES string of the molecule is C[n+]1ccc(/C=N/Nc2ccccc2)cc1.[I-]. The molecule has 2 rings (SSSR count). The summed E-state index contributed by atoms with van der Waals surface area (Å²) in [4.78, 5) is 0. The van der Waals surface area contributed by atoms with Crippen LogP contribution in [0, 0.1) is 0 Å². The van der Waals surface area contributed by atoms with E-state index in [2.05, 4.69) is 10.5 Å². The van der Waals surface area contributed by atoms with Crippen LogP contribution in [0.3, 0.4) is 0 Å². The zero-order valence-corrected chi connectivity index (χ0v) is 11.7. The fraction of sp³-hybridized carbons (Fsp3) is 0.0769. The van der Waals surface area contributed by atoms with Crippen molar-refractivity contribution in [2.75, 3.05) is 5.43 Å². The topological polar surface area (TPSA) is 28.3 Å². The fourth-order valence-electron chi connectivity index (χ4n) is 1.29. The van der Waals surface area contributed by atoms with E-state index in [9.17, 15) is 0 Å². The van der Waals surface area contributed by atoms with E-state index in [1.807, 2.05) is 66.5 Å². The van der Waals surface area contributed by atoms with E-state index in [0.717, 1.165) is 11.3 Å². The van der Waals surface area contributed by atoms with E-state index in [0.29, 0.717) is 0 Å². The Morgan fingerprint density at radius 1 is 1.06 bits per heavy atom. The van der Waals surface area contributed by atoms with Gasteiger partial charge in [0.25, 0.3) is 0 Å². The summed E-state index contributed by atoms with van der Waals surface area (Å²) < 4.78 is 1.99. The van der Waals surface area contributed by atoms with Crippen LogP contribution in [0.25, 0.3) is 0 Å². The van der Waals surface area contributed by atoms with Crippen molar-refractivity contribution in [2.24, 2.45) is 12.1 Å². The second-order valence-electron chi connectivity index (χ2n) is 3.53. The summed E-state index contributed by atoms with van der Waals surface area (Å²) in [6, 6.07) is 13.9. The van der Waals surface area contributed by atoms with Crippen LogP contribution in [0.5, 0.6) is 0 Å². The Morgan fingerprint density at radius 3 is 2.35 bits per heavy atom. The molecule has 0 radical (unpaired) electrons. The molecule has 0 fully saturated rings. The van der Waals surface area contributed by atoms with Gasteiger partial charge in [0.15, 0.2) is 12.4 Å². The summed E-state index contributed by atoms with van der Waals surface area (Å²) in [5.74, 6) is 0. The third-order valence-corrected chi connectivity index (χ3v) is 2.19. The minimum Gasteiger partial charge on any atom is -1.00 e. The summed E-state index contributed by atoms with van der Waals surface area (Å²) >= 11 is 0. The molecule has 0 saturated carbocycles. The van der Waals surface area contributed by atoms with Gasteiger partial charge < -0.3 is 24.0 Å². The van der Waals surface area contributed by atoms with Gasteiger partial charge >= 0.3 is 0 Å². The van der Waals surface area contributed by atoms with Gasteiger partial charge in [0.05, 0.1) is 11.9 Å². The van der Waals surface area contributed by atoms with Gasteiger partial charge in [0.2, 0.25) is 0 Å². The number of para-hydroxylation sites is 1. The quantitative estimate of drug-likeness (QED) is 0.329.